The number of carbonyl (C=O) groups excluding carboxylic acids is 1. The van der Waals surface area contributed by atoms with E-state index in [-0.39, 0.29) is 15.6 Å². The number of H-pyrrole nitrogens is 1. The Kier molecular flexibility index (Phi) is 4.70. The van der Waals surface area contributed by atoms with Crippen molar-refractivity contribution in [2.75, 3.05) is 5.75 Å². The molecule has 4 nitrogen and oxygen atoms in total. The molecule has 2 heterocycles. The van der Waals surface area contributed by atoms with Crippen LogP contribution in [0.25, 0.3) is 11.0 Å². The molecule has 0 spiro atoms. The molecule has 0 saturated heterocycles. The van der Waals surface area contributed by atoms with Gasteiger partial charge in [0.25, 0.3) is 0 Å². The topological polar surface area (TPSA) is 58.6 Å². The van der Waals surface area contributed by atoms with Crippen molar-refractivity contribution in [3.63, 3.8) is 0 Å². The third-order valence-electron chi connectivity index (χ3n) is 2.22. The molecule has 98 valence electrons. The van der Waals surface area contributed by atoms with Crippen molar-refractivity contribution in [3.8, 4) is 11.8 Å². The molecule has 2 aromatic heterocycles. The van der Waals surface area contributed by atoms with E-state index in [1.165, 1.54) is 11.8 Å². The number of nitrogens with one attached hydrogen (secondary N) is 1. The van der Waals surface area contributed by atoms with Crippen LogP contribution < -0.4 is 0 Å². The van der Waals surface area contributed by atoms with Crippen LogP contribution in [0.3, 0.4) is 0 Å². The molecule has 19 heavy (non-hydrogen) atoms. The standard InChI is InChI=1S/C12H9Cl2N3OS/c1-7(18)19-5-3-2-4-8-6-15-11-9(8)10(13)16-12(14)17-11/h6H,3,5H2,1H3,(H,15,16,17). The Balaban J connectivity index is 2.18. The fourth-order valence-corrected chi connectivity index (χ4v) is 2.44. The van der Waals surface area contributed by atoms with Crippen LogP contribution in [-0.2, 0) is 4.79 Å². The normalized spacial score (nSPS) is 10.3. The maximum Gasteiger partial charge on any atom is 0.225 e. The number of fused-ring (bicyclic) bond motifs is 1. The lowest BCUT2D eigenvalue weighted by molar-refractivity contribution is -0.109. The Morgan fingerprint density at radius 3 is 3.00 bits per heavy atom. The van der Waals surface area contributed by atoms with Crippen molar-refractivity contribution < 1.29 is 4.79 Å². The van der Waals surface area contributed by atoms with E-state index in [4.69, 9.17) is 23.2 Å². The number of hydrogen-bond donors (Lipinski definition) is 1. The van der Waals surface area contributed by atoms with Gasteiger partial charge in [-0.2, -0.15) is 4.98 Å². The van der Waals surface area contributed by atoms with E-state index in [2.05, 4.69) is 26.8 Å². The van der Waals surface area contributed by atoms with Gasteiger partial charge in [-0.25, -0.2) is 4.98 Å². The van der Waals surface area contributed by atoms with E-state index >= 15 is 0 Å². The summed E-state index contributed by atoms with van der Waals surface area (Å²) in [7, 11) is 0. The molecular weight excluding hydrogens is 305 g/mol. The molecule has 0 aliphatic heterocycles. The highest BCUT2D eigenvalue weighted by molar-refractivity contribution is 8.13. The smallest absolute Gasteiger partial charge is 0.225 e. The van der Waals surface area contributed by atoms with Crippen LogP contribution in [-0.4, -0.2) is 25.8 Å². The third-order valence-corrected chi connectivity index (χ3v) is 3.47. The number of aromatic amines is 1. The lowest BCUT2D eigenvalue weighted by atomic mass is 10.2. The summed E-state index contributed by atoms with van der Waals surface area (Å²) in [6.45, 7) is 1.54. The second kappa shape index (κ2) is 6.29. The third kappa shape index (κ3) is 3.63. The van der Waals surface area contributed by atoms with Crippen molar-refractivity contribution in [3.05, 3.63) is 22.2 Å². The minimum absolute atomic E-state index is 0.0942. The number of hydrogen-bond acceptors (Lipinski definition) is 4. The number of nitrogens with zero attached hydrogens (tertiary/aromatic N) is 2. The average Bonchev–Trinajstić information content (AvgIpc) is 2.71. The molecule has 0 amide bonds. The van der Waals surface area contributed by atoms with Crippen molar-refractivity contribution in [2.45, 2.75) is 13.3 Å². The Labute approximate surface area is 124 Å². The monoisotopic (exact) mass is 313 g/mol. The maximum atomic E-state index is 10.8. The summed E-state index contributed by atoms with van der Waals surface area (Å²) in [4.78, 5) is 21.6. The largest absolute Gasteiger partial charge is 0.345 e. The predicted molar refractivity (Wildman–Crippen MR) is 78.5 cm³/mol. The Hall–Kier alpha value is -1.22. The summed E-state index contributed by atoms with van der Waals surface area (Å²) < 4.78 is 0. The van der Waals surface area contributed by atoms with Gasteiger partial charge in [-0.1, -0.05) is 35.2 Å². The van der Waals surface area contributed by atoms with Gasteiger partial charge < -0.3 is 4.98 Å². The van der Waals surface area contributed by atoms with Gasteiger partial charge in [-0.3, -0.25) is 4.79 Å². The Morgan fingerprint density at radius 1 is 1.47 bits per heavy atom. The van der Waals surface area contributed by atoms with Crippen molar-refractivity contribution >= 4 is 51.1 Å². The van der Waals surface area contributed by atoms with Gasteiger partial charge in [-0.05, 0) is 11.6 Å². The number of rotatable bonds is 2. The first-order valence-electron chi connectivity index (χ1n) is 5.40. The summed E-state index contributed by atoms with van der Waals surface area (Å²) in [5, 5.41) is 1.13. The van der Waals surface area contributed by atoms with E-state index in [0.717, 1.165) is 5.56 Å². The lowest BCUT2D eigenvalue weighted by Gasteiger charge is -1.94. The van der Waals surface area contributed by atoms with Crippen LogP contribution in [0.15, 0.2) is 6.20 Å². The maximum absolute atomic E-state index is 10.8. The van der Waals surface area contributed by atoms with Crippen molar-refractivity contribution in [1.82, 2.24) is 15.0 Å². The van der Waals surface area contributed by atoms with E-state index in [0.29, 0.717) is 23.2 Å². The summed E-state index contributed by atoms with van der Waals surface area (Å²) in [6.07, 6.45) is 2.34. The van der Waals surface area contributed by atoms with E-state index < -0.39 is 0 Å². The summed E-state index contributed by atoms with van der Waals surface area (Å²) in [5.41, 5.74) is 1.29. The molecule has 0 aliphatic rings. The summed E-state index contributed by atoms with van der Waals surface area (Å²) in [5.74, 6) is 6.66. The van der Waals surface area contributed by atoms with Crippen LogP contribution in [0.1, 0.15) is 18.9 Å². The lowest BCUT2D eigenvalue weighted by Crippen LogP contribution is -1.86. The zero-order valence-electron chi connectivity index (χ0n) is 9.96. The highest BCUT2D eigenvalue weighted by Crippen LogP contribution is 2.24. The first kappa shape index (κ1) is 14.2. The number of aromatic nitrogens is 3. The molecule has 0 saturated carbocycles. The molecule has 7 heteroatoms. The van der Waals surface area contributed by atoms with Gasteiger partial charge in [0.1, 0.15) is 10.8 Å². The van der Waals surface area contributed by atoms with Crippen molar-refractivity contribution in [2.24, 2.45) is 0 Å². The van der Waals surface area contributed by atoms with Crippen molar-refractivity contribution in [1.29, 1.82) is 0 Å². The van der Waals surface area contributed by atoms with Gasteiger partial charge in [0.15, 0.2) is 5.12 Å². The molecule has 0 unspecified atom stereocenters. The average molecular weight is 314 g/mol. The van der Waals surface area contributed by atoms with Gasteiger partial charge in [0, 0.05) is 25.3 Å². The summed E-state index contributed by atoms with van der Waals surface area (Å²) >= 11 is 13.0. The molecular formula is C12H9Cl2N3OS. The molecule has 2 rings (SSSR count). The second-order valence-corrected chi connectivity index (χ2v) is 5.57. The SMILES string of the molecule is CC(=O)SCCC#Cc1c[nH]c2nc(Cl)nc(Cl)c12. The molecule has 0 atom stereocenters. The molecule has 0 radical (unpaired) electrons. The van der Waals surface area contributed by atoms with E-state index in [1.54, 1.807) is 13.1 Å². The van der Waals surface area contributed by atoms with Crippen LogP contribution in [0.5, 0.6) is 0 Å². The predicted octanol–water partition coefficient (Wildman–Crippen LogP) is 3.29. The molecule has 0 aliphatic carbocycles. The summed E-state index contributed by atoms with van der Waals surface area (Å²) in [6, 6.07) is 0. The minimum atomic E-state index is 0.0942. The first-order chi connectivity index (χ1) is 9.08. The number of carbonyl (C=O) groups is 1. The molecule has 0 aromatic carbocycles. The Bertz CT molecular complexity index is 687. The van der Waals surface area contributed by atoms with E-state index in [9.17, 15) is 4.79 Å². The fourth-order valence-electron chi connectivity index (χ4n) is 1.47. The minimum Gasteiger partial charge on any atom is -0.345 e. The fraction of sp³-hybridized carbons (Fsp3) is 0.250. The molecule has 2 aromatic rings. The molecule has 0 fully saturated rings. The van der Waals surface area contributed by atoms with Gasteiger partial charge in [0.2, 0.25) is 5.28 Å². The highest BCUT2D eigenvalue weighted by Gasteiger charge is 2.09. The number of thioether (sulfide) groups is 1. The molecule has 0 bridgehead atoms. The number of halogens is 2. The second-order valence-electron chi connectivity index (χ2n) is 3.60. The van der Waals surface area contributed by atoms with Crippen LogP contribution in [0.2, 0.25) is 10.4 Å². The zero-order chi connectivity index (χ0) is 13.8. The zero-order valence-corrected chi connectivity index (χ0v) is 12.3. The van der Waals surface area contributed by atoms with Gasteiger partial charge in [0.05, 0.1) is 10.9 Å². The van der Waals surface area contributed by atoms with Crippen LogP contribution in [0.4, 0.5) is 0 Å². The van der Waals surface area contributed by atoms with E-state index in [1.807, 2.05) is 0 Å². The first-order valence-corrected chi connectivity index (χ1v) is 7.14. The molecule has 1 N–H and O–H groups in total. The van der Waals surface area contributed by atoms with Crippen LogP contribution >= 0.6 is 35.0 Å². The van der Waals surface area contributed by atoms with Crippen LogP contribution in [0, 0.1) is 11.8 Å². The Morgan fingerprint density at radius 2 is 2.26 bits per heavy atom. The van der Waals surface area contributed by atoms with Gasteiger partial charge in [-0.15, -0.1) is 0 Å². The highest BCUT2D eigenvalue weighted by atomic mass is 35.5. The quantitative estimate of drug-likeness (QED) is 0.400. The van der Waals surface area contributed by atoms with Gasteiger partial charge >= 0.3 is 0 Å².